The predicted octanol–water partition coefficient (Wildman–Crippen LogP) is 4.50. The zero-order chi connectivity index (χ0) is 19.1. The molecule has 3 rings (SSSR count). The van der Waals surface area contributed by atoms with Crippen LogP contribution in [0.2, 0.25) is 0 Å². The molecule has 1 aromatic carbocycles. The van der Waals surface area contributed by atoms with Crippen molar-refractivity contribution in [3.05, 3.63) is 46.6 Å². The number of carbonyl (C=O) groups excluding carboxylic acids is 1. The maximum absolute atomic E-state index is 13.0. The minimum Gasteiger partial charge on any atom is -0.337 e. The third-order valence-electron chi connectivity index (χ3n) is 4.57. The summed E-state index contributed by atoms with van der Waals surface area (Å²) in [5, 5.41) is 3.92. The average Bonchev–Trinajstić information content (AvgIpc) is 3.22. The third-order valence-corrected chi connectivity index (χ3v) is 4.57. The summed E-state index contributed by atoms with van der Waals surface area (Å²) >= 11 is 0. The fourth-order valence-corrected chi connectivity index (χ4v) is 3.07. The summed E-state index contributed by atoms with van der Waals surface area (Å²) in [5.41, 5.74) is -0.278. The van der Waals surface area contributed by atoms with E-state index in [1.165, 1.54) is 11.0 Å². The molecule has 0 N–H and O–H groups in total. The Morgan fingerprint density at radius 3 is 2.69 bits per heavy atom. The van der Waals surface area contributed by atoms with Crippen molar-refractivity contribution >= 4 is 5.91 Å². The van der Waals surface area contributed by atoms with E-state index in [2.05, 4.69) is 10.1 Å². The highest BCUT2D eigenvalue weighted by atomic mass is 19.4. The number of carbonyl (C=O) groups is 1. The Labute approximate surface area is 149 Å². The number of hydrogen-bond donors (Lipinski definition) is 0. The first kappa shape index (κ1) is 18.4. The molecule has 0 unspecified atom stereocenters. The highest BCUT2D eigenvalue weighted by Crippen LogP contribution is 2.35. The summed E-state index contributed by atoms with van der Waals surface area (Å²) in [4.78, 5) is 18.8. The van der Waals surface area contributed by atoms with Crippen LogP contribution in [-0.2, 0) is 6.18 Å². The number of aromatic nitrogens is 2. The van der Waals surface area contributed by atoms with Crippen molar-refractivity contribution in [3.63, 3.8) is 0 Å². The molecule has 1 atom stereocenters. The summed E-state index contributed by atoms with van der Waals surface area (Å²) in [5.74, 6) is 0.530. The zero-order valence-corrected chi connectivity index (χ0v) is 14.8. The van der Waals surface area contributed by atoms with E-state index in [-0.39, 0.29) is 11.5 Å². The van der Waals surface area contributed by atoms with E-state index in [1.54, 1.807) is 6.92 Å². The van der Waals surface area contributed by atoms with Crippen molar-refractivity contribution in [1.82, 2.24) is 15.0 Å². The highest BCUT2D eigenvalue weighted by Gasteiger charge is 2.37. The van der Waals surface area contributed by atoms with Crippen LogP contribution in [0.1, 0.15) is 71.8 Å². The second-order valence-electron chi connectivity index (χ2n) is 6.83. The van der Waals surface area contributed by atoms with Gasteiger partial charge in [-0.3, -0.25) is 4.79 Å². The molecular weight excluding hydrogens is 347 g/mol. The van der Waals surface area contributed by atoms with Crippen LogP contribution in [0.3, 0.4) is 0 Å². The molecule has 0 radical (unpaired) electrons. The summed E-state index contributed by atoms with van der Waals surface area (Å²) in [6.45, 7) is 5.93. The maximum Gasteiger partial charge on any atom is 0.416 e. The number of hydrogen-bond acceptors (Lipinski definition) is 4. The van der Waals surface area contributed by atoms with Gasteiger partial charge in [-0.1, -0.05) is 25.1 Å². The van der Waals surface area contributed by atoms with Gasteiger partial charge in [0, 0.05) is 18.0 Å². The lowest BCUT2D eigenvalue weighted by Crippen LogP contribution is -2.31. The van der Waals surface area contributed by atoms with E-state index in [1.807, 2.05) is 13.8 Å². The van der Waals surface area contributed by atoms with Gasteiger partial charge >= 0.3 is 6.18 Å². The molecule has 0 spiro atoms. The molecule has 1 saturated heterocycles. The van der Waals surface area contributed by atoms with Gasteiger partial charge in [-0.2, -0.15) is 18.2 Å². The van der Waals surface area contributed by atoms with E-state index >= 15 is 0 Å². The van der Waals surface area contributed by atoms with Crippen molar-refractivity contribution in [2.45, 2.75) is 51.7 Å². The lowest BCUT2D eigenvalue weighted by molar-refractivity contribution is -0.137. The monoisotopic (exact) mass is 367 g/mol. The summed E-state index contributed by atoms with van der Waals surface area (Å²) in [6, 6.07) is 2.82. The van der Waals surface area contributed by atoms with Crippen LogP contribution in [0.25, 0.3) is 0 Å². The molecule has 0 saturated carbocycles. The van der Waals surface area contributed by atoms with Gasteiger partial charge in [0.1, 0.15) is 6.04 Å². The highest BCUT2D eigenvalue weighted by molar-refractivity contribution is 5.96. The van der Waals surface area contributed by atoms with Crippen LogP contribution in [0.15, 0.2) is 22.7 Å². The van der Waals surface area contributed by atoms with Crippen LogP contribution in [0.4, 0.5) is 13.2 Å². The smallest absolute Gasteiger partial charge is 0.337 e. The molecule has 1 fully saturated rings. The Bertz CT molecular complexity index is 814. The molecule has 1 aliphatic rings. The maximum atomic E-state index is 13.0. The largest absolute Gasteiger partial charge is 0.416 e. The normalized spacial score (nSPS) is 18.0. The van der Waals surface area contributed by atoms with Crippen molar-refractivity contribution in [2.75, 3.05) is 6.54 Å². The topological polar surface area (TPSA) is 59.2 Å². The number of rotatable bonds is 3. The van der Waals surface area contributed by atoms with Gasteiger partial charge in [0.25, 0.3) is 5.91 Å². The zero-order valence-electron chi connectivity index (χ0n) is 14.8. The van der Waals surface area contributed by atoms with Crippen LogP contribution in [-0.4, -0.2) is 27.5 Å². The Balaban J connectivity index is 1.91. The molecule has 0 aliphatic carbocycles. The molecule has 1 aliphatic heterocycles. The molecule has 8 heteroatoms. The summed E-state index contributed by atoms with van der Waals surface area (Å²) in [6.07, 6.45) is -3.12. The first-order valence-corrected chi connectivity index (χ1v) is 8.50. The molecule has 2 aromatic rings. The van der Waals surface area contributed by atoms with Crippen LogP contribution in [0.5, 0.6) is 0 Å². The van der Waals surface area contributed by atoms with E-state index in [0.717, 1.165) is 18.6 Å². The Morgan fingerprint density at radius 1 is 1.35 bits per heavy atom. The van der Waals surface area contributed by atoms with Gasteiger partial charge in [0.05, 0.1) is 5.56 Å². The lowest BCUT2D eigenvalue weighted by Gasteiger charge is -2.23. The van der Waals surface area contributed by atoms with Crippen molar-refractivity contribution < 1.29 is 22.5 Å². The van der Waals surface area contributed by atoms with Crippen LogP contribution < -0.4 is 0 Å². The van der Waals surface area contributed by atoms with Gasteiger partial charge in [0.15, 0.2) is 5.82 Å². The van der Waals surface area contributed by atoms with E-state index in [4.69, 9.17) is 4.52 Å². The molecule has 26 heavy (non-hydrogen) atoms. The SMILES string of the molecule is Cc1ccc(C(F)(F)F)cc1C(=O)N1CCC[C@@H]1c1nc(C(C)C)no1. The van der Waals surface area contributed by atoms with Gasteiger partial charge in [-0.15, -0.1) is 0 Å². The van der Waals surface area contributed by atoms with Crippen molar-refractivity contribution in [3.8, 4) is 0 Å². The number of alkyl halides is 3. The Hall–Kier alpha value is -2.38. The predicted molar refractivity (Wildman–Crippen MR) is 87.6 cm³/mol. The quantitative estimate of drug-likeness (QED) is 0.802. The molecular formula is C18H20F3N3O2. The van der Waals surface area contributed by atoms with E-state index in [0.29, 0.717) is 30.2 Å². The van der Waals surface area contributed by atoms with Gasteiger partial charge in [-0.25, -0.2) is 0 Å². The summed E-state index contributed by atoms with van der Waals surface area (Å²) in [7, 11) is 0. The number of likely N-dealkylation sites (tertiary alicyclic amines) is 1. The Kier molecular flexibility index (Phi) is 4.77. The van der Waals surface area contributed by atoms with E-state index in [9.17, 15) is 18.0 Å². The van der Waals surface area contributed by atoms with Crippen molar-refractivity contribution in [1.29, 1.82) is 0 Å². The molecule has 1 amide bonds. The fraction of sp³-hybridized carbons (Fsp3) is 0.500. The molecule has 2 heterocycles. The standard InChI is InChI=1S/C18H20F3N3O2/c1-10(2)15-22-16(26-23-15)14-5-4-8-24(14)17(25)13-9-12(18(19,20)21)7-6-11(13)3/h6-7,9-10,14H,4-5,8H2,1-3H3/t14-/m1/s1. The number of halogens is 3. The molecule has 1 aromatic heterocycles. The molecule has 5 nitrogen and oxygen atoms in total. The minimum atomic E-state index is -4.49. The molecule has 140 valence electrons. The lowest BCUT2D eigenvalue weighted by atomic mass is 10.0. The first-order chi connectivity index (χ1) is 12.2. The fourth-order valence-electron chi connectivity index (χ4n) is 3.07. The third kappa shape index (κ3) is 3.45. The summed E-state index contributed by atoms with van der Waals surface area (Å²) < 4.78 is 44.3. The second-order valence-corrected chi connectivity index (χ2v) is 6.83. The minimum absolute atomic E-state index is 0.0512. The van der Waals surface area contributed by atoms with Crippen LogP contribution in [0, 0.1) is 6.92 Å². The van der Waals surface area contributed by atoms with E-state index < -0.39 is 23.7 Å². The number of benzene rings is 1. The number of amides is 1. The van der Waals surface area contributed by atoms with Gasteiger partial charge < -0.3 is 9.42 Å². The van der Waals surface area contributed by atoms with Gasteiger partial charge in [-0.05, 0) is 37.5 Å². The first-order valence-electron chi connectivity index (χ1n) is 8.50. The van der Waals surface area contributed by atoms with Crippen LogP contribution >= 0.6 is 0 Å². The average molecular weight is 367 g/mol. The van der Waals surface area contributed by atoms with Gasteiger partial charge in [0.2, 0.25) is 5.89 Å². The second kappa shape index (κ2) is 6.74. The van der Waals surface area contributed by atoms with Crippen molar-refractivity contribution in [2.24, 2.45) is 0 Å². The number of aryl methyl sites for hydroxylation is 1. The Morgan fingerprint density at radius 2 is 2.08 bits per heavy atom. The number of nitrogens with zero attached hydrogens (tertiary/aromatic N) is 3. The molecule has 0 bridgehead atoms.